The minimum absolute atomic E-state index is 0. The van der Waals surface area contributed by atoms with Crippen molar-refractivity contribution in [1.82, 2.24) is 10.2 Å². The van der Waals surface area contributed by atoms with Crippen LogP contribution in [0, 0.1) is 5.41 Å². The number of rotatable bonds is 4. The monoisotopic (exact) mass is 323 g/mol. The number of para-hydroxylation sites is 1. The second kappa shape index (κ2) is 7.67. The van der Waals surface area contributed by atoms with Crippen molar-refractivity contribution in [3.8, 4) is 0 Å². The molecule has 2 aliphatic rings. The number of likely N-dealkylation sites (tertiary alicyclic amines) is 1. The van der Waals surface area contributed by atoms with E-state index in [1.54, 1.807) is 0 Å². The number of nitrogens with zero attached hydrogens (tertiary/aromatic N) is 2. The van der Waals surface area contributed by atoms with Crippen LogP contribution in [-0.2, 0) is 0 Å². The van der Waals surface area contributed by atoms with Gasteiger partial charge < -0.3 is 15.1 Å². The van der Waals surface area contributed by atoms with Crippen molar-refractivity contribution in [1.29, 1.82) is 0 Å². The van der Waals surface area contributed by atoms with Crippen molar-refractivity contribution < 1.29 is 0 Å². The van der Waals surface area contributed by atoms with E-state index >= 15 is 0 Å². The molecular weight excluding hydrogens is 294 g/mol. The number of benzene rings is 1. The van der Waals surface area contributed by atoms with E-state index in [-0.39, 0.29) is 12.4 Å². The van der Waals surface area contributed by atoms with Crippen molar-refractivity contribution in [3.63, 3.8) is 0 Å². The molecule has 124 valence electrons. The number of anilines is 1. The second-order valence-electron chi connectivity index (χ2n) is 7.19. The van der Waals surface area contributed by atoms with Crippen molar-refractivity contribution >= 4 is 18.1 Å². The minimum atomic E-state index is 0. The first kappa shape index (κ1) is 17.6. The summed E-state index contributed by atoms with van der Waals surface area (Å²) in [5, 5.41) is 3.52. The summed E-state index contributed by atoms with van der Waals surface area (Å²) >= 11 is 0. The number of hydrogen-bond acceptors (Lipinski definition) is 3. The van der Waals surface area contributed by atoms with Crippen LogP contribution in [0.15, 0.2) is 30.3 Å². The van der Waals surface area contributed by atoms with Gasteiger partial charge in [-0.05, 0) is 43.4 Å². The number of halogens is 1. The lowest BCUT2D eigenvalue weighted by atomic mass is 9.88. The molecule has 0 bridgehead atoms. The van der Waals surface area contributed by atoms with Gasteiger partial charge in [-0.15, -0.1) is 12.4 Å². The van der Waals surface area contributed by atoms with Gasteiger partial charge in [-0.1, -0.05) is 25.1 Å². The average Bonchev–Trinajstić information content (AvgIpc) is 2.94. The zero-order chi connectivity index (χ0) is 14.7. The van der Waals surface area contributed by atoms with Crippen LogP contribution in [0.2, 0.25) is 0 Å². The first-order valence-corrected chi connectivity index (χ1v) is 8.37. The Morgan fingerprint density at radius 2 is 1.91 bits per heavy atom. The molecule has 0 saturated carbocycles. The van der Waals surface area contributed by atoms with E-state index in [9.17, 15) is 0 Å². The molecule has 0 aliphatic carbocycles. The molecule has 1 unspecified atom stereocenters. The fraction of sp³-hybridized carbons (Fsp3) is 0.667. The highest BCUT2D eigenvalue weighted by Crippen LogP contribution is 2.28. The maximum Gasteiger partial charge on any atom is 0.0366 e. The highest BCUT2D eigenvalue weighted by atomic mass is 35.5. The predicted molar refractivity (Wildman–Crippen MR) is 97.1 cm³/mol. The van der Waals surface area contributed by atoms with Gasteiger partial charge in [-0.3, -0.25) is 0 Å². The Morgan fingerprint density at radius 3 is 2.50 bits per heavy atom. The van der Waals surface area contributed by atoms with Crippen LogP contribution in [0.1, 0.15) is 26.2 Å². The molecule has 4 heteroatoms. The van der Waals surface area contributed by atoms with Gasteiger partial charge in [0.25, 0.3) is 0 Å². The van der Waals surface area contributed by atoms with Crippen LogP contribution in [0.3, 0.4) is 0 Å². The van der Waals surface area contributed by atoms with Crippen LogP contribution in [0.25, 0.3) is 0 Å². The van der Waals surface area contributed by atoms with Crippen LogP contribution in [0.4, 0.5) is 5.69 Å². The first-order chi connectivity index (χ1) is 10.2. The van der Waals surface area contributed by atoms with E-state index in [0.29, 0.717) is 11.5 Å². The summed E-state index contributed by atoms with van der Waals surface area (Å²) in [5.41, 5.74) is 1.85. The van der Waals surface area contributed by atoms with Crippen LogP contribution >= 0.6 is 12.4 Å². The van der Waals surface area contributed by atoms with E-state index in [0.717, 1.165) is 0 Å². The number of piperidine rings is 1. The van der Waals surface area contributed by atoms with E-state index in [4.69, 9.17) is 0 Å². The minimum Gasteiger partial charge on any atom is -0.372 e. The zero-order valence-electron chi connectivity index (χ0n) is 13.9. The van der Waals surface area contributed by atoms with Gasteiger partial charge in [-0.2, -0.15) is 0 Å². The van der Waals surface area contributed by atoms with E-state index in [1.165, 1.54) is 57.7 Å². The maximum absolute atomic E-state index is 3.52. The lowest BCUT2D eigenvalue weighted by Gasteiger charge is -2.40. The molecule has 1 atom stereocenters. The molecular formula is C18H30ClN3. The van der Waals surface area contributed by atoms with Crippen LogP contribution in [-0.4, -0.2) is 50.7 Å². The topological polar surface area (TPSA) is 18.5 Å². The number of hydrogen-bond donors (Lipinski definition) is 1. The third kappa shape index (κ3) is 4.15. The quantitative estimate of drug-likeness (QED) is 0.919. The third-order valence-electron chi connectivity index (χ3n) is 5.33. The van der Waals surface area contributed by atoms with Crippen molar-refractivity contribution in [2.45, 2.75) is 32.2 Å². The number of nitrogens with one attached hydrogen (secondary N) is 1. The fourth-order valence-corrected chi connectivity index (χ4v) is 3.88. The Bertz CT molecular complexity index is 437. The van der Waals surface area contributed by atoms with Crippen molar-refractivity contribution in [2.24, 2.45) is 5.41 Å². The summed E-state index contributed by atoms with van der Waals surface area (Å²) in [5.74, 6) is 0. The Labute approximate surface area is 141 Å². The highest BCUT2D eigenvalue weighted by molar-refractivity contribution is 5.85. The third-order valence-corrected chi connectivity index (χ3v) is 5.33. The van der Waals surface area contributed by atoms with Crippen LogP contribution in [0.5, 0.6) is 0 Å². The average molecular weight is 324 g/mol. The normalized spacial score (nSPS) is 26.6. The van der Waals surface area contributed by atoms with E-state index < -0.39 is 0 Å². The molecule has 2 heterocycles. The summed E-state index contributed by atoms with van der Waals surface area (Å²) in [4.78, 5) is 5.15. The molecule has 3 rings (SSSR count). The summed E-state index contributed by atoms with van der Waals surface area (Å²) in [7, 11) is 2.25. The Balaban J connectivity index is 0.00000176. The van der Waals surface area contributed by atoms with Gasteiger partial charge in [0.15, 0.2) is 0 Å². The van der Waals surface area contributed by atoms with Gasteiger partial charge in [-0.25, -0.2) is 0 Å². The lowest BCUT2D eigenvalue weighted by molar-refractivity contribution is 0.144. The maximum atomic E-state index is 3.52. The summed E-state index contributed by atoms with van der Waals surface area (Å²) < 4.78 is 0. The summed E-state index contributed by atoms with van der Waals surface area (Å²) in [6.07, 6.45) is 3.90. The van der Waals surface area contributed by atoms with Gasteiger partial charge in [0, 0.05) is 45.0 Å². The molecule has 3 nitrogen and oxygen atoms in total. The Morgan fingerprint density at radius 1 is 1.23 bits per heavy atom. The molecule has 1 aromatic rings. The SMILES string of the molecule is CN(c1ccccc1)C1CCN(CC2(C)CCNC2)CC1.Cl. The molecule has 1 aromatic carbocycles. The molecule has 0 spiro atoms. The predicted octanol–water partition coefficient (Wildman–Crippen LogP) is 3.01. The zero-order valence-corrected chi connectivity index (χ0v) is 14.7. The van der Waals surface area contributed by atoms with Gasteiger partial charge in [0.2, 0.25) is 0 Å². The first-order valence-electron chi connectivity index (χ1n) is 8.37. The van der Waals surface area contributed by atoms with E-state index in [1.807, 2.05) is 0 Å². The van der Waals surface area contributed by atoms with Gasteiger partial charge in [0.05, 0.1) is 0 Å². The van der Waals surface area contributed by atoms with E-state index in [2.05, 4.69) is 59.4 Å². The molecule has 2 aliphatic heterocycles. The highest BCUT2D eigenvalue weighted by Gasteiger charge is 2.32. The molecule has 0 amide bonds. The van der Waals surface area contributed by atoms with Gasteiger partial charge >= 0.3 is 0 Å². The largest absolute Gasteiger partial charge is 0.372 e. The van der Waals surface area contributed by atoms with Gasteiger partial charge in [0.1, 0.15) is 0 Å². The smallest absolute Gasteiger partial charge is 0.0366 e. The molecule has 2 saturated heterocycles. The van der Waals surface area contributed by atoms with Crippen molar-refractivity contribution in [3.05, 3.63) is 30.3 Å². The molecule has 0 aromatic heterocycles. The standard InChI is InChI=1S/C18H29N3.ClH/c1-18(10-11-19-14-18)15-21-12-8-17(9-13-21)20(2)16-6-4-3-5-7-16;/h3-7,17,19H,8-15H2,1-2H3;1H. The Kier molecular flexibility index (Phi) is 6.13. The fourth-order valence-electron chi connectivity index (χ4n) is 3.88. The molecule has 1 N–H and O–H groups in total. The van der Waals surface area contributed by atoms with Crippen molar-refractivity contribution in [2.75, 3.05) is 44.7 Å². The van der Waals surface area contributed by atoms with Crippen LogP contribution < -0.4 is 10.2 Å². The molecule has 2 fully saturated rings. The lowest BCUT2D eigenvalue weighted by Crippen LogP contribution is -2.47. The Hall–Kier alpha value is -0.770. The second-order valence-corrected chi connectivity index (χ2v) is 7.19. The summed E-state index contributed by atoms with van der Waals surface area (Å²) in [6.45, 7) is 8.59. The molecule has 22 heavy (non-hydrogen) atoms. The summed E-state index contributed by atoms with van der Waals surface area (Å²) in [6, 6.07) is 11.5. The molecule has 0 radical (unpaired) electrons.